The van der Waals surface area contributed by atoms with E-state index < -0.39 is 6.09 Å². The molecule has 5 rings (SSSR count). The third kappa shape index (κ3) is 5.77. The zero-order chi connectivity index (χ0) is 25.2. The summed E-state index contributed by atoms with van der Waals surface area (Å²) in [6.07, 6.45) is -1.40. The second-order valence-corrected chi connectivity index (χ2v) is 9.05. The molecule has 194 valence electrons. The number of carbonyl (C=O) groups is 1. The number of hydrogen-bond donors (Lipinski definition) is 1. The van der Waals surface area contributed by atoms with E-state index in [1.807, 2.05) is 18.2 Å². The first-order chi connectivity index (χ1) is 17.4. The van der Waals surface area contributed by atoms with Crippen LogP contribution in [0.2, 0.25) is 0 Å². The van der Waals surface area contributed by atoms with Gasteiger partial charge in [-0.05, 0) is 53.1 Å². The van der Waals surface area contributed by atoms with Crippen molar-refractivity contribution in [2.45, 2.75) is 12.6 Å². The number of benzene rings is 3. The van der Waals surface area contributed by atoms with E-state index in [0.29, 0.717) is 5.52 Å². The monoisotopic (exact) mass is 508 g/mol. The highest BCUT2D eigenvalue weighted by Gasteiger charge is 2.26. The number of hydrogen-bond acceptors (Lipinski definition) is 5. The van der Waals surface area contributed by atoms with Crippen LogP contribution in [0.4, 0.5) is 19.5 Å². The molecule has 1 aromatic heterocycles. The molecule has 1 fully saturated rings. The maximum Gasteiger partial charge on any atom is 0.209 e. The van der Waals surface area contributed by atoms with Gasteiger partial charge < -0.3 is 25.3 Å². The number of anilines is 1. The first-order valence-electron chi connectivity index (χ1n) is 11.8. The van der Waals surface area contributed by atoms with E-state index in [-0.39, 0.29) is 29.1 Å². The topological polar surface area (TPSA) is 108 Å². The molecular weight excluding hydrogens is 480 g/mol. The van der Waals surface area contributed by atoms with Crippen LogP contribution in [0.3, 0.4) is 0 Å². The van der Waals surface area contributed by atoms with Crippen molar-refractivity contribution in [2.24, 2.45) is 7.05 Å². The fraction of sp³-hybridized carbons (Fsp3) is 0.259. The Labute approximate surface area is 213 Å². The molecule has 10 heteroatoms. The number of fused-ring (bicyclic) bond motifs is 1. The Balaban J connectivity index is 0.00000320. The van der Waals surface area contributed by atoms with Crippen molar-refractivity contribution in [3.8, 4) is 0 Å². The number of rotatable bonds is 6. The predicted octanol–water partition coefficient (Wildman–Crippen LogP) is 2.69. The van der Waals surface area contributed by atoms with Crippen LogP contribution in [0.1, 0.15) is 22.7 Å². The lowest BCUT2D eigenvalue weighted by atomic mass is 9.96. The van der Waals surface area contributed by atoms with Crippen LogP contribution in [-0.4, -0.2) is 57.1 Å². The molecule has 37 heavy (non-hydrogen) atoms. The van der Waals surface area contributed by atoms with Gasteiger partial charge in [0.1, 0.15) is 17.7 Å². The van der Waals surface area contributed by atoms with Gasteiger partial charge in [-0.2, -0.15) is 0 Å². The van der Waals surface area contributed by atoms with Gasteiger partial charge in [0.25, 0.3) is 0 Å². The summed E-state index contributed by atoms with van der Waals surface area (Å²) in [5.74, 6) is -0.342. The van der Waals surface area contributed by atoms with Crippen molar-refractivity contribution in [1.82, 2.24) is 19.4 Å². The minimum absolute atomic E-state index is 0. The second kappa shape index (κ2) is 11.0. The Hall–Kier alpha value is -3.86. The summed E-state index contributed by atoms with van der Waals surface area (Å²) in [6, 6.07) is 18.9. The fourth-order valence-corrected chi connectivity index (χ4v) is 4.89. The number of halogens is 2. The second-order valence-electron chi connectivity index (χ2n) is 9.05. The van der Waals surface area contributed by atoms with Crippen LogP contribution in [-0.2, 0) is 13.6 Å². The molecule has 4 aromatic rings. The lowest BCUT2D eigenvalue weighted by molar-refractivity contribution is -0.242. The van der Waals surface area contributed by atoms with Crippen LogP contribution in [0, 0.1) is 11.6 Å². The van der Waals surface area contributed by atoms with Gasteiger partial charge >= 0.3 is 0 Å². The van der Waals surface area contributed by atoms with Crippen LogP contribution >= 0.6 is 0 Å². The zero-order valence-corrected chi connectivity index (χ0v) is 20.3. The SMILES string of the molecule is Cn1c(NC(=O)[O-])nc2cc(CN3CCN(C(c4ccc(F)cc4)c4ccc(F)cc4)CC3)ccc21.O. The van der Waals surface area contributed by atoms with E-state index in [2.05, 4.69) is 20.1 Å². The van der Waals surface area contributed by atoms with Crippen LogP contribution < -0.4 is 10.4 Å². The molecule has 3 N–H and O–H groups in total. The Bertz CT molecular complexity index is 1320. The average Bonchev–Trinajstić information content (AvgIpc) is 3.16. The predicted molar refractivity (Wildman–Crippen MR) is 135 cm³/mol. The molecule has 0 saturated carbocycles. The van der Waals surface area contributed by atoms with E-state index in [0.717, 1.165) is 54.9 Å². The molecule has 0 spiro atoms. The number of aromatic nitrogens is 2. The van der Waals surface area contributed by atoms with Gasteiger partial charge in [-0.25, -0.2) is 13.8 Å². The molecule has 0 unspecified atom stereocenters. The van der Waals surface area contributed by atoms with Gasteiger partial charge in [-0.1, -0.05) is 30.3 Å². The maximum absolute atomic E-state index is 13.6. The first-order valence-corrected chi connectivity index (χ1v) is 11.8. The average molecular weight is 509 g/mol. The highest BCUT2D eigenvalue weighted by atomic mass is 19.1. The third-order valence-corrected chi connectivity index (χ3v) is 6.71. The summed E-state index contributed by atoms with van der Waals surface area (Å²) in [6.45, 7) is 3.99. The standard InChI is InChI=1S/C27H27F2N5O2.H2O/c1-32-24-11-2-18(16-23(24)30-26(32)31-27(35)36)17-33-12-14-34(15-13-33)25(19-3-7-21(28)8-4-19)20-5-9-22(29)10-6-20;/h2-11,16,25H,12-15,17H2,1H3,(H,30,31)(H,35,36);1H2/p-1. The minimum Gasteiger partial charge on any atom is -0.530 e. The molecule has 1 aliphatic rings. The van der Waals surface area contributed by atoms with Crippen molar-refractivity contribution in [1.29, 1.82) is 0 Å². The molecule has 0 radical (unpaired) electrons. The highest BCUT2D eigenvalue weighted by molar-refractivity contribution is 5.85. The Morgan fingerprint density at radius 3 is 2.05 bits per heavy atom. The zero-order valence-electron chi connectivity index (χ0n) is 20.3. The van der Waals surface area contributed by atoms with E-state index in [1.165, 1.54) is 24.3 Å². The molecule has 3 aromatic carbocycles. The number of piperazine rings is 1. The number of imidazole rings is 1. The van der Waals surface area contributed by atoms with Gasteiger partial charge in [0.15, 0.2) is 0 Å². The summed E-state index contributed by atoms with van der Waals surface area (Å²) < 4.78 is 28.8. The Kier molecular flexibility index (Phi) is 7.82. The lowest BCUT2D eigenvalue weighted by Crippen LogP contribution is -2.47. The molecule has 8 nitrogen and oxygen atoms in total. The highest BCUT2D eigenvalue weighted by Crippen LogP contribution is 2.30. The lowest BCUT2D eigenvalue weighted by Gasteiger charge is -2.40. The molecule has 1 saturated heterocycles. The first kappa shape index (κ1) is 26.2. The number of carboxylic acid groups (broad SMARTS) is 1. The van der Waals surface area contributed by atoms with E-state index in [9.17, 15) is 18.7 Å². The van der Waals surface area contributed by atoms with E-state index in [1.54, 1.807) is 35.9 Å². The van der Waals surface area contributed by atoms with Crippen molar-refractivity contribution in [3.05, 3.63) is 95.1 Å². The van der Waals surface area contributed by atoms with Gasteiger partial charge in [-0.15, -0.1) is 0 Å². The van der Waals surface area contributed by atoms with Crippen molar-refractivity contribution in [2.75, 3.05) is 31.5 Å². The quantitative estimate of drug-likeness (QED) is 0.431. The van der Waals surface area contributed by atoms with Crippen LogP contribution in [0.5, 0.6) is 0 Å². The van der Waals surface area contributed by atoms with Crippen LogP contribution in [0.25, 0.3) is 11.0 Å². The number of carbonyl (C=O) groups excluding carboxylic acids is 1. The minimum atomic E-state index is -1.40. The molecule has 0 bridgehead atoms. The molecule has 0 aliphatic carbocycles. The summed E-state index contributed by atoms with van der Waals surface area (Å²) in [5.41, 5.74) is 4.57. The fourth-order valence-electron chi connectivity index (χ4n) is 4.89. The molecular formula is C27H28F2N5O3-. The van der Waals surface area contributed by atoms with Crippen molar-refractivity contribution in [3.63, 3.8) is 0 Å². The molecule has 1 aliphatic heterocycles. The van der Waals surface area contributed by atoms with Crippen molar-refractivity contribution >= 4 is 23.1 Å². The van der Waals surface area contributed by atoms with Gasteiger partial charge in [0.05, 0.1) is 17.1 Å². The summed E-state index contributed by atoms with van der Waals surface area (Å²) in [7, 11) is 1.75. The van der Waals surface area contributed by atoms with Gasteiger partial charge in [-0.3, -0.25) is 9.80 Å². The Morgan fingerprint density at radius 2 is 1.51 bits per heavy atom. The number of nitrogens with zero attached hydrogens (tertiary/aromatic N) is 4. The molecule has 2 heterocycles. The maximum atomic E-state index is 13.6. The normalized spacial score (nSPS) is 14.6. The summed E-state index contributed by atoms with van der Waals surface area (Å²) in [4.78, 5) is 20.0. The summed E-state index contributed by atoms with van der Waals surface area (Å²) >= 11 is 0. The molecule has 1 amide bonds. The van der Waals surface area contributed by atoms with Crippen molar-refractivity contribution < 1.29 is 24.2 Å². The van der Waals surface area contributed by atoms with Gasteiger partial charge in [0, 0.05) is 39.8 Å². The third-order valence-electron chi connectivity index (χ3n) is 6.71. The smallest absolute Gasteiger partial charge is 0.209 e. The summed E-state index contributed by atoms with van der Waals surface area (Å²) in [5, 5.41) is 13.1. The number of nitrogens with one attached hydrogen (secondary N) is 1. The molecule has 0 atom stereocenters. The van der Waals surface area contributed by atoms with E-state index >= 15 is 0 Å². The Morgan fingerprint density at radius 1 is 0.946 bits per heavy atom. The van der Waals surface area contributed by atoms with Gasteiger partial charge in [0.2, 0.25) is 5.95 Å². The van der Waals surface area contributed by atoms with Crippen LogP contribution in [0.15, 0.2) is 66.7 Å². The largest absolute Gasteiger partial charge is 0.530 e. The number of amides is 1. The number of aryl methyl sites for hydroxylation is 1. The van der Waals surface area contributed by atoms with E-state index in [4.69, 9.17) is 0 Å².